The van der Waals surface area contributed by atoms with Crippen LogP contribution in [0.15, 0.2) is 37.1 Å². The molecule has 2 aromatic rings. The van der Waals surface area contributed by atoms with Crippen molar-refractivity contribution in [3.63, 3.8) is 0 Å². The van der Waals surface area contributed by atoms with Crippen LogP contribution in [-0.2, 0) is 0 Å². The molecule has 4 heterocycles. The van der Waals surface area contributed by atoms with Gasteiger partial charge in [-0.1, -0.05) is 0 Å². The summed E-state index contributed by atoms with van der Waals surface area (Å²) in [6.45, 7) is 4.50. The SMILES string of the molecule is COc1cccnc1C1CCN(C2CCCN(c3cncnc3)CC2)CC1. The van der Waals surface area contributed by atoms with E-state index in [1.807, 2.05) is 30.7 Å². The molecule has 4 rings (SSSR count). The van der Waals surface area contributed by atoms with Crippen LogP contribution in [0.25, 0.3) is 0 Å². The Morgan fingerprint density at radius 3 is 2.59 bits per heavy atom. The topological polar surface area (TPSA) is 54.4 Å². The second-order valence-electron chi connectivity index (χ2n) is 7.57. The minimum absolute atomic E-state index is 0.515. The molecule has 0 aliphatic carbocycles. The highest BCUT2D eigenvalue weighted by Gasteiger charge is 2.29. The summed E-state index contributed by atoms with van der Waals surface area (Å²) >= 11 is 0. The zero-order valence-electron chi connectivity index (χ0n) is 16.1. The molecule has 2 fully saturated rings. The van der Waals surface area contributed by atoms with Gasteiger partial charge >= 0.3 is 0 Å². The molecule has 0 bridgehead atoms. The van der Waals surface area contributed by atoms with Gasteiger partial charge in [0.15, 0.2) is 0 Å². The molecule has 0 N–H and O–H groups in total. The number of aromatic nitrogens is 3. The maximum Gasteiger partial charge on any atom is 0.140 e. The highest BCUT2D eigenvalue weighted by atomic mass is 16.5. The second kappa shape index (κ2) is 8.65. The van der Waals surface area contributed by atoms with Crippen molar-refractivity contribution in [2.24, 2.45) is 0 Å². The summed E-state index contributed by atoms with van der Waals surface area (Å²) < 4.78 is 5.52. The average molecular weight is 367 g/mol. The number of hydrogen-bond donors (Lipinski definition) is 0. The number of nitrogens with zero attached hydrogens (tertiary/aromatic N) is 5. The highest BCUT2D eigenvalue weighted by Crippen LogP contribution is 2.34. The molecule has 0 spiro atoms. The van der Waals surface area contributed by atoms with Crippen molar-refractivity contribution in [3.05, 3.63) is 42.7 Å². The molecular formula is C21H29N5O. The van der Waals surface area contributed by atoms with Crippen molar-refractivity contribution in [2.75, 3.05) is 38.2 Å². The fraction of sp³-hybridized carbons (Fsp3) is 0.571. The van der Waals surface area contributed by atoms with Gasteiger partial charge in [-0.25, -0.2) is 9.97 Å². The Kier molecular flexibility index (Phi) is 5.82. The maximum atomic E-state index is 5.52. The number of likely N-dealkylation sites (tertiary alicyclic amines) is 1. The Morgan fingerprint density at radius 2 is 1.81 bits per heavy atom. The molecule has 0 aromatic carbocycles. The number of rotatable bonds is 4. The lowest BCUT2D eigenvalue weighted by Crippen LogP contribution is -2.41. The van der Waals surface area contributed by atoms with Gasteiger partial charge in [-0.05, 0) is 57.3 Å². The number of anilines is 1. The normalized spacial score (nSPS) is 22.4. The van der Waals surface area contributed by atoms with Gasteiger partial charge in [-0.15, -0.1) is 0 Å². The van der Waals surface area contributed by atoms with Gasteiger partial charge in [0.2, 0.25) is 0 Å². The van der Waals surface area contributed by atoms with E-state index in [4.69, 9.17) is 4.74 Å². The maximum absolute atomic E-state index is 5.52. The lowest BCUT2D eigenvalue weighted by molar-refractivity contribution is 0.140. The molecule has 0 saturated carbocycles. The number of hydrogen-bond acceptors (Lipinski definition) is 6. The molecule has 6 heteroatoms. The van der Waals surface area contributed by atoms with E-state index in [0.29, 0.717) is 12.0 Å². The van der Waals surface area contributed by atoms with E-state index in [-0.39, 0.29) is 0 Å². The van der Waals surface area contributed by atoms with Crippen LogP contribution in [0.1, 0.15) is 43.7 Å². The van der Waals surface area contributed by atoms with Crippen LogP contribution in [0.5, 0.6) is 5.75 Å². The van der Waals surface area contributed by atoms with Crippen LogP contribution in [0, 0.1) is 0 Å². The molecule has 2 aliphatic rings. The number of ether oxygens (including phenoxy) is 1. The van der Waals surface area contributed by atoms with Gasteiger partial charge in [0.1, 0.15) is 12.1 Å². The molecule has 144 valence electrons. The van der Waals surface area contributed by atoms with Crippen LogP contribution < -0.4 is 9.64 Å². The number of pyridine rings is 1. The molecule has 2 aliphatic heterocycles. The average Bonchev–Trinajstić information content (AvgIpc) is 3.01. The summed E-state index contributed by atoms with van der Waals surface area (Å²) in [7, 11) is 1.74. The Labute approximate surface area is 161 Å². The van der Waals surface area contributed by atoms with Crippen LogP contribution in [0.4, 0.5) is 5.69 Å². The Hall–Kier alpha value is -2.21. The largest absolute Gasteiger partial charge is 0.495 e. The van der Waals surface area contributed by atoms with Crippen molar-refractivity contribution in [1.29, 1.82) is 0 Å². The minimum Gasteiger partial charge on any atom is -0.495 e. The standard InChI is InChI=1S/C21H29N5O/c1-27-20-5-2-9-24-21(20)17-6-11-26(12-7-17)18-4-3-10-25(13-8-18)19-14-22-16-23-15-19/h2,5,9,14-18H,3-4,6-8,10-13H2,1H3. The van der Waals surface area contributed by atoms with E-state index in [0.717, 1.165) is 43.3 Å². The Morgan fingerprint density at radius 1 is 1.00 bits per heavy atom. The van der Waals surface area contributed by atoms with Gasteiger partial charge in [0, 0.05) is 31.2 Å². The van der Waals surface area contributed by atoms with Crippen molar-refractivity contribution >= 4 is 5.69 Å². The van der Waals surface area contributed by atoms with Crippen LogP contribution >= 0.6 is 0 Å². The van der Waals surface area contributed by atoms with Crippen molar-refractivity contribution < 1.29 is 4.74 Å². The summed E-state index contributed by atoms with van der Waals surface area (Å²) in [6, 6.07) is 4.67. The lowest BCUT2D eigenvalue weighted by atomic mass is 9.91. The van der Waals surface area contributed by atoms with Crippen LogP contribution in [0.2, 0.25) is 0 Å². The summed E-state index contributed by atoms with van der Waals surface area (Å²) in [5, 5.41) is 0. The summed E-state index contributed by atoms with van der Waals surface area (Å²) in [6.07, 6.45) is 13.4. The summed E-state index contributed by atoms with van der Waals surface area (Å²) in [4.78, 5) is 18.1. The van der Waals surface area contributed by atoms with Gasteiger partial charge < -0.3 is 14.5 Å². The molecular weight excluding hydrogens is 338 g/mol. The molecule has 1 atom stereocenters. The van der Waals surface area contributed by atoms with E-state index in [1.54, 1.807) is 13.4 Å². The lowest BCUT2D eigenvalue weighted by Gasteiger charge is -2.37. The van der Waals surface area contributed by atoms with E-state index in [9.17, 15) is 0 Å². The van der Waals surface area contributed by atoms with Gasteiger partial charge in [-0.3, -0.25) is 4.98 Å². The molecule has 6 nitrogen and oxygen atoms in total. The molecule has 2 aromatic heterocycles. The fourth-order valence-corrected chi connectivity index (χ4v) is 4.58. The predicted molar refractivity (Wildman–Crippen MR) is 106 cm³/mol. The quantitative estimate of drug-likeness (QED) is 0.828. The van der Waals surface area contributed by atoms with Crippen molar-refractivity contribution in [2.45, 2.75) is 44.1 Å². The molecule has 1 unspecified atom stereocenters. The Bertz CT molecular complexity index is 718. The second-order valence-corrected chi connectivity index (χ2v) is 7.57. The smallest absolute Gasteiger partial charge is 0.140 e. The first-order valence-corrected chi connectivity index (χ1v) is 10.1. The first-order chi connectivity index (χ1) is 13.3. The monoisotopic (exact) mass is 367 g/mol. The molecule has 2 saturated heterocycles. The zero-order valence-corrected chi connectivity index (χ0v) is 16.1. The fourth-order valence-electron chi connectivity index (χ4n) is 4.58. The van der Waals surface area contributed by atoms with Crippen molar-refractivity contribution in [1.82, 2.24) is 19.9 Å². The van der Waals surface area contributed by atoms with E-state index < -0.39 is 0 Å². The summed E-state index contributed by atoms with van der Waals surface area (Å²) in [5.74, 6) is 1.45. The number of methoxy groups -OCH3 is 1. The third-order valence-electron chi connectivity index (χ3n) is 6.06. The van der Waals surface area contributed by atoms with Gasteiger partial charge in [-0.2, -0.15) is 0 Å². The van der Waals surface area contributed by atoms with Gasteiger partial charge in [0.25, 0.3) is 0 Å². The predicted octanol–water partition coefficient (Wildman–Crippen LogP) is 3.12. The zero-order chi connectivity index (χ0) is 18.5. The van der Waals surface area contributed by atoms with Gasteiger partial charge in [0.05, 0.1) is 30.9 Å². The third kappa shape index (κ3) is 4.21. The van der Waals surface area contributed by atoms with E-state index in [1.165, 1.54) is 32.1 Å². The third-order valence-corrected chi connectivity index (χ3v) is 6.06. The van der Waals surface area contributed by atoms with E-state index >= 15 is 0 Å². The molecule has 0 amide bonds. The molecule has 27 heavy (non-hydrogen) atoms. The first-order valence-electron chi connectivity index (χ1n) is 10.1. The number of piperidine rings is 1. The Balaban J connectivity index is 1.33. The van der Waals surface area contributed by atoms with E-state index in [2.05, 4.69) is 24.8 Å². The minimum atomic E-state index is 0.515. The molecule has 0 radical (unpaired) electrons. The van der Waals surface area contributed by atoms with Crippen molar-refractivity contribution in [3.8, 4) is 5.75 Å². The highest BCUT2D eigenvalue weighted by molar-refractivity contribution is 5.41. The van der Waals surface area contributed by atoms with Crippen LogP contribution in [-0.4, -0.2) is 59.2 Å². The van der Waals surface area contributed by atoms with Crippen LogP contribution in [0.3, 0.4) is 0 Å². The summed E-state index contributed by atoms with van der Waals surface area (Å²) in [5.41, 5.74) is 2.29. The first kappa shape index (κ1) is 18.2.